The van der Waals surface area contributed by atoms with Gasteiger partial charge in [0, 0.05) is 16.8 Å². The first kappa shape index (κ1) is 12.4. The summed E-state index contributed by atoms with van der Waals surface area (Å²) in [4.78, 5) is 25.7. The van der Waals surface area contributed by atoms with E-state index in [2.05, 4.69) is 10.6 Å². The Labute approximate surface area is 121 Å². The molecule has 0 atom stereocenters. The van der Waals surface area contributed by atoms with E-state index in [4.69, 9.17) is 0 Å². The molecule has 0 aliphatic heterocycles. The van der Waals surface area contributed by atoms with Crippen molar-refractivity contribution in [1.29, 1.82) is 0 Å². The molecule has 1 heterocycles. The Bertz CT molecular complexity index is 585. The van der Waals surface area contributed by atoms with Crippen molar-refractivity contribution < 1.29 is 9.59 Å². The number of amides is 2. The smallest absolute Gasteiger partial charge is 0.254 e. The first-order chi connectivity index (χ1) is 9.72. The Hall–Kier alpha value is -1.36. The lowest BCUT2D eigenvalue weighted by Gasteiger charge is -2.08. The summed E-state index contributed by atoms with van der Waals surface area (Å²) >= 11 is 1.61. The number of hydrogen-bond donors (Lipinski definition) is 2. The van der Waals surface area contributed by atoms with Gasteiger partial charge in [-0.15, -0.1) is 11.3 Å². The van der Waals surface area contributed by atoms with E-state index in [-0.39, 0.29) is 17.7 Å². The van der Waals surface area contributed by atoms with Gasteiger partial charge in [0.1, 0.15) is 5.00 Å². The predicted octanol–water partition coefficient (Wildman–Crippen LogP) is 2.48. The summed E-state index contributed by atoms with van der Waals surface area (Å²) in [5, 5.41) is 6.84. The SMILES string of the molecule is O=C(NC1CC1)c1c(NC(=O)C2CC2)sc2c1CCC2. The zero-order valence-corrected chi connectivity index (χ0v) is 12.1. The molecule has 3 aliphatic rings. The summed E-state index contributed by atoms with van der Waals surface area (Å²) in [6.45, 7) is 0. The van der Waals surface area contributed by atoms with Crippen LogP contribution in [0, 0.1) is 5.92 Å². The topological polar surface area (TPSA) is 58.2 Å². The van der Waals surface area contributed by atoms with Gasteiger partial charge in [-0.05, 0) is 50.5 Å². The molecule has 2 N–H and O–H groups in total. The molecule has 0 spiro atoms. The third-order valence-corrected chi connectivity index (χ3v) is 5.45. The van der Waals surface area contributed by atoms with Crippen LogP contribution in [0.4, 0.5) is 5.00 Å². The molecule has 1 aromatic heterocycles. The first-order valence-corrected chi connectivity index (χ1v) is 8.30. The number of aryl methyl sites for hydroxylation is 1. The highest BCUT2D eigenvalue weighted by Gasteiger charge is 2.34. The fourth-order valence-electron chi connectivity index (χ4n) is 2.78. The Morgan fingerprint density at radius 1 is 1.10 bits per heavy atom. The molecule has 4 nitrogen and oxygen atoms in total. The van der Waals surface area contributed by atoms with Gasteiger partial charge in [-0.1, -0.05) is 0 Å². The molecular formula is C15H18N2O2S. The largest absolute Gasteiger partial charge is 0.349 e. The van der Waals surface area contributed by atoms with Gasteiger partial charge in [0.2, 0.25) is 5.91 Å². The second-order valence-corrected chi connectivity index (χ2v) is 7.18. The zero-order valence-electron chi connectivity index (χ0n) is 11.3. The average Bonchev–Trinajstić information content (AvgIpc) is 3.30. The van der Waals surface area contributed by atoms with Crippen LogP contribution in [0.5, 0.6) is 0 Å². The Morgan fingerprint density at radius 3 is 2.60 bits per heavy atom. The number of carbonyl (C=O) groups is 2. The second-order valence-electron chi connectivity index (χ2n) is 6.07. The number of carbonyl (C=O) groups excluding carboxylic acids is 2. The normalized spacial score (nSPS) is 20.6. The Balaban J connectivity index is 1.62. The van der Waals surface area contributed by atoms with Crippen LogP contribution in [0.3, 0.4) is 0 Å². The van der Waals surface area contributed by atoms with Crippen LogP contribution >= 0.6 is 11.3 Å². The van der Waals surface area contributed by atoms with E-state index in [1.54, 1.807) is 11.3 Å². The van der Waals surface area contributed by atoms with Crippen LogP contribution in [-0.4, -0.2) is 17.9 Å². The highest BCUT2D eigenvalue weighted by atomic mass is 32.1. The number of hydrogen-bond acceptors (Lipinski definition) is 3. The molecule has 2 amide bonds. The molecule has 1 aromatic rings. The number of fused-ring (bicyclic) bond motifs is 1. The van der Waals surface area contributed by atoms with Gasteiger partial charge in [-0.25, -0.2) is 0 Å². The zero-order chi connectivity index (χ0) is 13.7. The molecular weight excluding hydrogens is 272 g/mol. The van der Waals surface area contributed by atoms with Gasteiger partial charge in [-0.3, -0.25) is 9.59 Å². The van der Waals surface area contributed by atoms with E-state index in [9.17, 15) is 9.59 Å². The molecule has 0 bridgehead atoms. The van der Waals surface area contributed by atoms with E-state index in [1.165, 1.54) is 10.4 Å². The number of anilines is 1. The number of thiophene rings is 1. The van der Waals surface area contributed by atoms with Crippen molar-refractivity contribution in [3.05, 3.63) is 16.0 Å². The summed E-state index contributed by atoms with van der Waals surface area (Å²) in [7, 11) is 0. The molecule has 2 fully saturated rings. The van der Waals surface area contributed by atoms with E-state index in [0.29, 0.717) is 6.04 Å². The average molecular weight is 290 g/mol. The maximum absolute atomic E-state index is 12.4. The van der Waals surface area contributed by atoms with Crippen LogP contribution in [0.2, 0.25) is 0 Å². The Morgan fingerprint density at radius 2 is 1.90 bits per heavy atom. The lowest BCUT2D eigenvalue weighted by atomic mass is 10.1. The molecule has 0 radical (unpaired) electrons. The standard InChI is InChI=1S/C15H18N2O2S/c18-13(8-4-5-8)17-15-12(14(19)16-9-6-7-9)10-2-1-3-11(10)20-15/h8-9H,1-7H2,(H,16,19)(H,17,18). The quantitative estimate of drug-likeness (QED) is 0.895. The fourth-order valence-corrected chi connectivity index (χ4v) is 4.07. The van der Waals surface area contributed by atoms with Gasteiger partial charge in [0.15, 0.2) is 0 Å². The summed E-state index contributed by atoms with van der Waals surface area (Å²) in [6, 6.07) is 0.353. The molecule has 4 rings (SSSR count). The molecule has 3 aliphatic carbocycles. The van der Waals surface area contributed by atoms with Crippen LogP contribution in [0.15, 0.2) is 0 Å². The van der Waals surface area contributed by atoms with Crippen molar-refractivity contribution in [3.63, 3.8) is 0 Å². The van der Waals surface area contributed by atoms with Crippen molar-refractivity contribution in [2.45, 2.75) is 51.0 Å². The van der Waals surface area contributed by atoms with Gasteiger partial charge in [0.25, 0.3) is 5.91 Å². The maximum Gasteiger partial charge on any atom is 0.254 e. The van der Waals surface area contributed by atoms with Crippen molar-refractivity contribution in [2.75, 3.05) is 5.32 Å². The van der Waals surface area contributed by atoms with Gasteiger partial charge >= 0.3 is 0 Å². The molecule has 0 unspecified atom stereocenters. The molecule has 0 aromatic carbocycles. The second kappa shape index (κ2) is 4.58. The minimum Gasteiger partial charge on any atom is -0.349 e. The highest BCUT2D eigenvalue weighted by Crippen LogP contribution is 2.40. The Kier molecular flexibility index (Phi) is 2.84. The van der Waals surface area contributed by atoms with E-state index < -0.39 is 0 Å². The summed E-state index contributed by atoms with van der Waals surface area (Å²) < 4.78 is 0. The third-order valence-electron chi connectivity index (χ3n) is 4.25. The van der Waals surface area contributed by atoms with Crippen molar-refractivity contribution >= 4 is 28.2 Å². The predicted molar refractivity (Wildman–Crippen MR) is 78.2 cm³/mol. The van der Waals surface area contributed by atoms with Crippen LogP contribution < -0.4 is 10.6 Å². The molecule has 2 saturated carbocycles. The van der Waals surface area contributed by atoms with Gasteiger partial charge < -0.3 is 10.6 Å². The molecule has 0 saturated heterocycles. The van der Waals surface area contributed by atoms with Crippen LogP contribution in [0.1, 0.15) is 52.9 Å². The molecule has 5 heteroatoms. The molecule has 20 heavy (non-hydrogen) atoms. The van der Waals surface area contributed by atoms with Gasteiger partial charge in [-0.2, -0.15) is 0 Å². The number of rotatable bonds is 4. The molecule has 106 valence electrons. The van der Waals surface area contributed by atoms with Crippen LogP contribution in [0.25, 0.3) is 0 Å². The third kappa shape index (κ3) is 2.24. The van der Waals surface area contributed by atoms with E-state index in [1.807, 2.05) is 0 Å². The van der Waals surface area contributed by atoms with Crippen molar-refractivity contribution in [3.8, 4) is 0 Å². The first-order valence-electron chi connectivity index (χ1n) is 7.48. The van der Waals surface area contributed by atoms with Crippen molar-refractivity contribution in [1.82, 2.24) is 5.32 Å². The highest BCUT2D eigenvalue weighted by molar-refractivity contribution is 7.17. The summed E-state index contributed by atoms with van der Waals surface area (Å²) in [5.74, 6) is 0.273. The minimum absolute atomic E-state index is 0.0120. The monoisotopic (exact) mass is 290 g/mol. The summed E-state index contributed by atoms with van der Waals surface area (Å²) in [6.07, 6.45) is 7.29. The minimum atomic E-state index is 0.0120. The van der Waals surface area contributed by atoms with Gasteiger partial charge in [0.05, 0.1) is 5.56 Å². The van der Waals surface area contributed by atoms with E-state index in [0.717, 1.165) is 55.5 Å². The van der Waals surface area contributed by atoms with E-state index >= 15 is 0 Å². The van der Waals surface area contributed by atoms with Crippen molar-refractivity contribution in [2.24, 2.45) is 5.92 Å². The fraction of sp³-hybridized carbons (Fsp3) is 0.600. The maximum atomic E-state index is 12.4. The lowest BCUT2D eigenvalue weighted by Crippen LogP contribution is -2.27. The lowest BCUT2D eigenvalue weighted by molar-refractivity contribution is -0.117. The van der Waals surface area contributed by atoms with Crippen LogP contribution in [-0.2, 0) is 17.6 Å². The number of nitrogens with one attached hydrogen (secondary N) is 2. The summed E-state index contributed by atoms with van der Waals surface area (Å²) in [5.41, 5.74) is 1.93.